The molecule has 0 aromatic carbocycles. The van der Waals surface area contributed by atoms with Crippen LogP contribution in [0.1, 0.15) is 19.8 Å². The van der Waals surface area contributed by atoms with Gasteiger partial charge in [-0.3, -0.25) is 4.79 Å². The SMILES string of the molecule is C=C(C)C(=O)CCNCCCN. The summed E-state index contributed by atoms with van der Waals surface area (Å²) in [5.74, 6) is 0.134. The highest BCUT2D eigenvalue weighted by Crippen LogP contribution is 1.93. The highest BCUT2D eigenvalue weighted by Gasteiger charge is 1.99. The fourth-order valence-electron chi connectivity index (χ4n) is 0.767. The Kier molecular flexibility index (Phi) is 6.61. The van der Waals surface area contributed by atoms with Crippen molar-refractivity contribution in [3.8, 4) is 0 Å². The number of nitrogens with two attached hydrogens (primary N) is 1. The lowest BCUT2D eigenvalue weighted by atomic mass is 10.1. The number of hydrogen-bond acceptors (Lipinski definition) is 3. The molecule has 0 rings (SSSR count). The van der Waals surface area contributed by atoms with Gasteiger partial charge in [0.25, 0.3) is 0 Å². The van der Waals surface area contributed by atoms with E-state index in [1.165, 1.54) is 0 Å². The van der Waals surface area contributed by atoms with Gasteiger partial charge >= 0.3 is 0 Å². The summed E-state index contributed by atoms with van der Waals surface area (Å²) in [4.78, 5) is 11.0. The second-order valence-corrected chi connectivity index (χ2v) is 2.85. The van der Waals surface area contributed by atoms with Crippen molar-refractivity contribution < 1.29 is 4.79 Å². The van der Waals surface area contributed by atoms with Gasteiger partial charge < -0.3 is 11.1 Å². The topological polar surface area (TPSA) is 55.1 Å². The Labute approximate surface area is 74.0 Å². The molecule has 0 saturated carbocycles. The molecule has 0 heterocycles. The molecule has 3 nitrogen and oxygen atoms in total. The van der Waals surface area contributed by atoms with Crippen molar-refractivity contribution in [1.82, 2.24) is 5.32 Å². The minimum atomic E-state index is 0.134. The van der Waals surface area contributed by atoms with E-state index in [9.17, 15) is 4.79 Å². The summed E-state index contributed by atoms with van der Waals surface area (Å²) >= 11 is 0. The van der Waals surface area contributed by atoms with Gasteiger partial charge in [0.05, 0.1) is 0 Å². The normalized spacial score (nSPS) is 9.83. The molecule has 0 fully saturated rings. The Morgan fingerprint density at radius 2 is 2.17 bits per heavy atom. The molecule has 0 atom stereocenters. The van der Waals surface area contributed by atoms with Crippen molar-refractivity contribution in [2.75, 3.05) is 19.6 Å². The molecule has 0 aliphatic heterocycles. The maximum absolute atomic E-state index is 11.0. The second kappa shape index (κ2) is 7.00. The third kappa shape index (κ3) is 6.07. The van der Waals surface area contributed by atoms with Gasteiger partial charge in [0.1, 0.15) is 0 Å². The molecule has 0 aliphatic carbocycles. The maximum atomic E-state index is 11.0. The molecule has 3 heteroatoms. The molecular weight excluding hydrogens is 152 g/mol. The quantitative estimate of drug-likeness (QED) is 0.431. The van der Waals surface area contributed by atoms with E-state index in [-0.39, 0.29) is 5.78 Å². The second-order valence-electron chi connectivity index (χ2n) is 2.85. The highest BCUT2D eigenvalue weighted by molar-refractivity contribution is 5.94. The Morgan fingerprint density at radius 3 is 2.67 bits per heavy atom. The summed E-state index contributed by atoms with van der Waals surface area (Å²) < 4.78 is 0. The number of Topliss-reactive ketones (excluding diaryl/α,β-unsaturated/α-hetero) is 1. The van der Waals surface area contributed by atoms with E-state index >= 15 is 0 Å². The van der Waals surface area contributed by atoms with Crippen LogP contribution >= 0.6 is 0 Å². The van der Waals surface area contributed by atoms with Crippen LogP contribution in [0.15, 0.2) is 12.2 Å². The van der Waals surface area contributed by atoms with Crippen molar-refractivity contribution in [3.63, 3.8) is 0 Å². The van der Waals surface area contributed by atoms with Crippen LogP contribution in [0.25, 0.3) is 0 Å². The first-order chi connectivity index (χ1) is 5.68. The number of rotatable bonds is 7. The number of nitrogens with one attached hydrogen (secondary N) is 1. The van der Waals surface area contributed by atoms with Gasteiger partial charge in [-0.1, -0.05) is 6.58 Å². The summed E-state index contributed by atoms with van der Waals surface area (Å²) in [5, 5.41) is 3.13. The predicted octanol–water partition coefficient (Wildman–Crippen LogP) is 0.460. The van der Waals surface area contributed by atoms with Gasteiger partial charge in [-0.2, -0.15) is 0 Å². The molecule has 3 N–H and O–H groups in total. The van der Waals surface area contributed by atoms with Gasteiger partial charge in [-0.25, -0.2) is 0 Å². The Morgan fingerprint density at radius 1 is 1.50 bits per heavy atom. The molecule has 0 spiro atoms. The highest BCUT2D eigenvalue weighted by atomic mass is 16.1. The smallest absolute Gasteiger partial charge is 0.159 e. The summed E-state index contributed by atoms with van der Waals surface area (Å²) in [6.07, 6.45) is 1.50. The molecule has 12 heavy (non-hydrogen) atoms. The molecule has 0 saturated heterocycles. The number of carbonyl (C=O) groups excluding carboxylic acids is 1. The third-order valence-corrected chi connectivity index (χ3v) is 1.56. The van der Waals surface area contributed by atoms with E-state index in [0.717, 1.165) is 19.5 Å². The van der Waals surface area contributed by atoms with Crippen LogP contribution in [0.3, 0.4) is 0 Å². The van der Waals surface area contributed by atoms with E-state index in [2.05, 4.69) is 11.9 Å². The zero-order valence-electron chi connectivity index (χ0n) is 7.73. The van der Waals surface area contributed by atoms with E-state index in [4.69, 9.17) is 5.73 Å². The van der Waals surface area contributed by atoms with Crippen molar-refractivity contribution in [2.45, 2.75) is 19.8 Å². The number of hydrogen-bond donors (Lipinski definition) is 2. The fraction of sp³-hybridized carbons (Fsp3) is 0.667. The van der Waals surface area contributed by atoms with Crippen molar-refractivity contribution >= 4 is 5.78 Å². The van der Waals surface area contributed by atoms with E-state index < -0.39 is 0 Å². The zero-order chi connectivity index (χ0) is 9.40. The molecule has 0 amide bonds. The van der Waals surface area contributed by atoms with E-state index in [1.54, 1.807) is 6.92 Å². The first-order valence-electron chi connectivity index (χ1n) is 4.28. The third-order valence-electron chi connectivity index (χ3n) is 1.56. The number of carbonyl (C=O) groups is 1. The molecule has 0 aliphatic rings. The number of ketones is 1. The average Bonchev–Trinajstić information content (AvgIpc) is 2.03. The van der Waals surface area contributed by atoms with Crippen molar-refractivity contribution in [3.05, 3.63) is 12.2 Å². The van der Waals surface area contributed by atoms with E-state index in [0.29, 0.717) is 18.5 Å². The minimum Gasteiger partial charge on any atom is -0.330 e. The zero-order valence-corrected chi connectivity index (χ0v) is 7.73. The largest absolute Gasteiger partial charge is 0.330 e. The van der Waals surface area contributed by atoms with Gasteiger partial charge in [0, 0.05) is 13.0 Å². The molecular formula is C9H18N2O. The summed E-state index contributed by atoms with van der Waals surface area (Å²) in [7, 11) is 0. The van der Waals surface area contributed by atoms with Crippen LogP contribution in [0.2, 0.25) is 0 Å². The minimum absolute atomic E-state index is 0.134. The molecule has 0 aromatic rings. The van der Waals surface area contributed by atoms with Crippen LogP contribution in [-0.2, 0) is 4.79 Å². The summed E-state index contributed by atoms with van der Waals surface area (Å²) in [5.41, 5.74) is 5.93. The standard InChI is InChI=1S/C9H18N2O/c1-8(2)9(12)4-7-11-6-3-5-10/h11H,1,3-7,10H2,2H3. The lowest BCUT2D eigenvalue weighted by Gasteiger charge is -2.02. The van der Waals surface area contributed by atoms with Crippen molar-refractivity contribution in [2.24, 2.45) is 5.73 Å². The first-order valence-corrected chi connectivity index (χ1v) is 4.28. The first kappa shape index (κ1) is 11.3. The molecule has 0 aromatic heterocycles. The van der Waals surface area contributed by atoms with Gasteiger partial charge in [0.15, 0.2) is 5.78 Å². The van der Waals surface area contributed by atoms with Crippen LogP contribution < -0.4 is 11.1 Å². The maximum Gasteiger partial charge on any atom is 0.159 e. The summed E-state index contributed by atoms with van der Waals surface area (Å²) in [6, 6.07) is 0. The molecule has 70 valence electrons. The van der Waals surface area contributed by atoms with E-state index in [1.807, 2.05) is 0 Å². The molecule has 0 unspecified atom stereocenters. The number of allylic oxidation sites excluding steroid dienone is 1. The fourth-order valence-corrected chi connectivity index (χ4v) is 0.767. The van der Waals surface area contributed by atoms with Crippen LogP contribution in [-0.4, -0.2) is 25.4 Å². The van der Waals surface area contributed by atoms with Crippen molar-refractivity contribution in [1.29, 1.82) is 0 Å². The van der Waals surface area contributed by atoms with Crippen LogP contribution in [0.5, 0.6) is 0 Å². The van der Waals surface area contributed by atoms with Gasteiger partial charge in [-0.15, -0.1) is 0 Å². The molecule has 0 bridgehead atoms. The Balaban J connectivity index is 3.20. The van der Waals surface area contributed by atoms with Gasteiger partial charge in [0.2, 0.25) is 0 Å². The van der Waals surface area contributed by atoms with Gasteiger partial charge in [-0.05, 0) is 32.0 Å². The van der Waals surface area contributed by atoms with Crippen LogP contribution in [0.4, 0.5) is 0 Å². The Hall–Kier alpha value is -0.670. The summed E-state index contributed by atoms with van der Waals surface area (Å²) in [6.45, 7) is 7.62. The lowest BCUT2D eigenvalue weighted by Crippen LogP contribution is -2.21. The van der Waals surface area contributed by atoms with Crippen LogP contribution in [0, 0.1) is 0 Å². The molecule has 0 radical (unpaired) electrons. The lowest BCUT2D eigenvalue weighted by molar-refractivity contribution is -0.115. The predicted molar refractivity (Wildman–Crippen MR) is 51.0 cm³/mol. The average molecular weight is 170 g/mol. The monoisotopic (exact) mass is 170 g/mol. The Bertz CT molecular complexity index is 155.